The quantitative estimate of drug-likeness (QED) is 0.868. The van der Waals surface area contributed by atoms with Crippen LogP contribution in [0.5, 0.6) is 0 Å². The molecule has 1 aromatic carbocycles. The molecular formula is C15H24N2. The van der Waals surface area contributed by atoms with Gasteiger partial charge in [-0.25, -0.2) is 0 Å². The minimum Gasteiger partial charge on any atom is -0.329 e. The van der Waals surface area contributed by atoms with E-state index in [2.05, 4.69) is 36.1 Å². The highest BCUT2D eigenvalue weighted by Crippen LogP contribution is 2.29. The predicted molar refractivity (Wildman–Crippen MR) is 73.0 cm³/mol. The molecule has 1 heterocycles. The molecule has 0 aliphatic carbocycles. The molecule has 0 saturated carbocycles. The first-order valence-electron chi connectivity index (χ1n) is 6.82. The fourth-order valence-corrected chi connectivity index (χ4v) is 2.86. The molecule has 1 saturated heterocycles. The normalized spacial score (nSPS) is 22.4. The molecule has 0 amide bonds. The lowest BCUT2D eigenvalue weighted by Crippen LogP contribution is -2.33. The summed E-state index contributed by atoms with van der Waals surface area (Å²) in [5.74, 6) is 0. The van der Waals surface area contributed by atoms with Crippen LogP contribution in [0.3, 0.4) is 0 Å². The number of nitrogens with zero attached hydrogens (tertiary/aromatic N) is 1. The van der Waals surface area contributed by atoms with Gasteiger partial charge >= 0.3 is 0 Å². The van der Waals surface area contributed by atoms with Gasteiger partial charge in [-0.1, -0.05) is 42.7 Å². The van der Waals surface area contributed by atoms with E-state index in [0.717, 1.165) is 13.1 Å². The van der Waals surface area contributed by atoms with E-state index in [4.69, 9.17) is 5.73 Å². The predicted octanol–water partition coefficient (Wildman–Crippen LogP) is 2.87. The van der Waals surface area contributed by atoms with E-state index < -0.39 is 0 Å². The van der Waals surface area contributed by atoms with Gasteiger partial charge in [0.1, 0.15) is 0 Å². The average Bonchev–Trinajstić information content (AvgIpc) is 2.55. The minimum atomic E-state index is 0.584. The van der Waals surface area contributed by atoms with Crippen LogP contribution in [0.4, 0.5) is 0 Å². The molecule has 0 aromatic heterocycles. The van der Waals surface area contributed by atoms with Gasteiger partial charge in [0.25, 0.3) is 0 Å². The monoisotopic (exact) mass is 232 g/mol. The lowest BCUT2D eigenvalue weighted by molar-refractivity contribution is 0.207. The van der Waals surface area contributed by atoms with E-state index in [1.165, 1.54) is 43.4 Å². The second kappa shape index (κ2) is 6.18. The summed E-state index contributed by atoms with van der Waals surface area (Å²) in [5.41, 5.74) is 8.57. The summed E-state index contributed by atoms with van der Waals surface area (Å²) in [7, 11) is 0. The second-order valence-electron chi connectivity index (χ2n) is 5.10. The molecule has 1 aliphatic rings. The summed E-state index contributed by atoms with van der Waals surface area (Å²) < 4.78 is 0. The number of benzene rings is 1. The first-order chi connectivity index (χ1) is 8.31. The summed E-state index contributed by atoms with van der Waals surface area (Å²) in [5, 5.41) is 0. The van der Waals surface area contributed by atoms with Gasteiger partial charge in [-0.05, 0) is 31.9 Å². The maximum atomic E-state index is 5.74. The lowest BCUT2D eigenvalue weighted by atomic mass is 9.99. The highest BCUT2D eigenvalue weighted by molar-refractivity contribution is 5.25. The third-order valence-corrected chi connectivity index (χ3v) is 3.71. The number of hydrogen-bond acceptors (Lipinski definition) is 2. The molecule has 1 aliphatic heterocycles. The van der Waals surface area contributed by atoms with Crippen LogP contribution < -0.4 is 5.73 Å². The van der Waals surface area contributed by atoms with E-state index >= 15 is 0 Å². The largest absolute Gasteiger partial charge is 0.329 e. The lowest BCUT2D eigenvalue weighted by Gasteiger charge is -2.30. The zero-order valence-corrected chi connectivity index (χ0v) is 10.9. The van der Waals surface area contributed by atoms with Crippen molar-refractivity contribution in [2.45, 2.75) is 38.6 Å². The van der Waals surface area contributed by atoms with Crippen molar-refractivity contribution in [2.24, 2.45) is 5.73 Å². The Morgan fingerprint density at radius 2 is 2.18 bits per heavy atom. The van der Waals surface area contributed by atoms with Crippen LogP contribution in [0.2, 0.25) is 0 Å². The Morgan fingerprint density at radius 1 is 1.29 bits per heavy atom. The highest BCUT2D eigenvalue weighted by Gasteiger charge is 2.21. The van der Waals surface area contributed by atoms with Crippen molar-refractivity contribution < 1.29 is 0 Å². The van der Waals surface area contributed by atoms with Crippen molar-refractivity contribution in [3.63, 3.8) is 0 Å². The fraction of sp³-hybridized carbons (Fsp3) is 0.600. The van der Waals surface area contributed by atoms with Crippen LogP contribution in [0.1, 0.15) is 42.9 Å². The second-order valence-corrected chi connectivity index (χ2v) is 5.10. The van der Waals surface area contributed by atoms with Gasteiger partial charge in [0.15, 0.2) is 0 Å². The molecule has 0 radical (unpaired) electrons. The summed E-state index contributed by atoms with van der Waals surface area (Å²) in [6.45, 7) is 5.17. The molecule has 2 N–H and O–H groups in total. The van der Waals surface area contributed by atoms with Crippen molar-refractivity contribution in [3.8, 4) is 0 Å². The molecule has 1 atom stereocenters. The van der Waals surface area contributed by atoms with Crippen molar-refractivity contribution in [3.05, 3.63) is 35.4 Å². The summed E-state index contributed by atoms with van der Waals surface area (Å²) in [6, 6.07) is 9.54. The van der Waals surface area contributed by atoms with Gasteiger partial charge in [0.05, 0.1) is 0 Å². The number of likely N-dealkylation sites (tertiary alicyclic amines) is 1. The van der Waals surface area contributed by atoms with E-state index in [1.54, 1.807) is 0 Å². The molecule has 2 rings (SSSR count). The van der Waals surface area contributed by atoms with Crippen LogP contribution in [-0.4, -0.2) is 24.5 Å². The maximum Gasteiger partial charge on any atom is 0.0348 e. The van der Waals surface area contributed by atoms with Gasteiger partial charge < -0.3 is 5.73 Å². The zero-order valence-electron chi connectivity index (χ0n) is 10.9. The van der Waals surface area contributed by atoms with Crippen LogP contribution >= 0.6 is 0 Å². The van der Waals surface area contributed by atoms with Crippen LogP contribution in [0.25, 0.3) is 0 Å². The van der Waals surface area contributed by atoms with E-state index in [9.17, 15) is 0 Å². The van der Waals surface area contributed by atoms with Crippen molar-refractivity contribution in [1.29, 1.82) is 0 Å². The zero-order chi connectivity index (χ0) is 12.1. The van der Waals surface area contributed by atoms with Gasteiger partial charge in [-0.3, -0.25) is 4.90 Å². The third kappa shape index (κ3) is 3.30. The molecule has 1 unspecified atom stereocenters. The molecular weight excluding hydrogens is 208 g/mol. The minimum absolute atomic E-state index is 0.584. The Morgan fingerprint density at radius 3 is 2.94 bits per heavy atom. The van der Waals surface area contributed by atoms with Crippen LogP contribution in [0, 0.1) is 6.92 Å². The molecule has 1 fully saturated rings. The van der Waals surface area contributed by atoms with Gasteiger partial charge in [-0.2, -0.15) is 0 Å². The Hall–Kier alpha value is -0.860. The Labute approximate surface area is 105 Å². The van der Waals surface area contributed by atoms with E-state index in [1.807, 2.05) is 0 Å². The molecule has 0 bridgehead atoms. The molecule has 1 aromatic rings. The summed E-state index contributed by atoms with van der Waals surface area (Å²) >= 11 is 0. The Kier molecular flexibility index (Phi) is 4.57. The van der Waals surface area contributed by atoms with Gasteiger partial charge in [0.2, 0.25) is 0 Å². The van der Waals surface area contributed by atoms with Crippen LogP contribution in [-0.2, 0) is 0 Å². The Bertz CT molecular complexity index is 349. The van der Waals surface area contributed by atoms with E-state index in [-0.39, 0.29) is 0 Å². The molecule has 0 spiro atoms. The van der Waals surface area contributed by atoms with E-state index in [0.29, 0.717) is 6.04 Å². The average molecular weight is 232 g/mol. The topological polar surface area (TPSA) is 29.3 Å². The van der Waals surface area contributed by atoms with Crippen LogP contribution in [0.15, 0.2) is 24.3 Å². The number of nitrogens with two attached hydrogens (primary N) is 1. The first-order valence-corrected chi connectivity index (χ1v) is 6.82. The smallest absolute Gasteiger partial charge is 0.0348 e. The number of rotatable bonds is 3. The molecule has 17 heavy (non-hydrogen) atoms. The van der Waals surface area contributed by atoms with Crippen molar-refractivity contribution >= 4 is 0 Å². The molecule has 2 heteroatoms. The molecule has 2 nitrogen and oxygen atoms in total. The van der Waals surface area contributed by atoms with Gasteiger partial charge in [-0.15, -0.1) is 0 Å². The summed E-state index contributed by atoms with van der Waals surface area (Å²) in [6.07, 6.45) is 5.31. The maximum absolute atomic E-state index is 5.74. The number of hydrogen-bond donors (Lipinski definition) is 1. The van der Waals surface area contributed by atoms with Crippen molar-refractivity contribution in [2.75, 3.05) is 19.6 Å². The Balaban J connectivity index is 2.19. The molecule has 94 valence electrons. The SMILES string of the molecule is Cc1cccc(C2CCCCCN2CCN)c1. The standard InChI is InChI=1S/C15H24N2/c1-13-6-5-7-14(12-13)15-8-3-2-4-10-17(15)11-9-16/h5-7,12,15H,2-4,8-11,16H2,1H3. The number of aryl methyl sites for hydroxylation is 1. The highest BCUT2D eigenvalue weighted by atomic mass is 15.2. The van der Waals surface area contributed by atoms with Crippen molar-refractivity contribution in [1.82, 2.24) is 4.90 Å². The third-order valence-electron chi connectivity index (χ3n) is 3.71. The van der Waals surface area contributed by atoms with Gasteiger partial charge in [0, 0.05) is 19.1 Å². The summed E-state index contributed by atoms with van der Waals surface area (Å²) in [4.78, 5) is 2.57. The first kappa shape index (κ1) is 12.6. The fourth-order valence-electron chi connectivity index (χ4n) is 2.86.